The summed E-state index contributed by atoms with van der Waals surface area (Å²) < 4.78 is 39.6. The fourth-order valence-corrected chi connectivity index (χ4v) is 1.23. The monoisotopic (exact) mass is 252 g/mol. The summed E-state index contributed by atoms with van der Waals surface area (Å²) in [6.45, 7) is -1.74. The lowest BCUT2D eigenvalue weighted by Gasteiger charge is -2.13. The molecule has 0 aliphatic heterocycles. The Morgan fingerprint density at radius 1 is 1.25 bits per heavy atom. The maximum absolute atomic E-state index is 11.7. The molecule has 1 N–H and O–H groups in total. The first-order valence-corrected chi connectivity index (χ1v) is 4.95. The van der Waals surface area contributed by atoms with Crippen LogP contribution in [0, 0.1) is 0 Å². The molecule has 0 bridgehead atoms. The van der Waals surface area contributed by atoms with Crippen molar-refractivity contribution in [1.82, 2.24) is 0 Å². The minimum Gasteiger partial charge on any atom is -0.386 e. The van der Waals surface area contributed by atoms with Crippen LogP contribution in [0.4, 0.5) is 13.2 Å². The van der Waals surface area contributed by atoms with Gasteiger partial charge in [0.15, 0.2) is 0 Å². The summed E-state index contributed by atoms with van der Waals surface area (Å²) in [4.78, 5) is 0.715. The van der Waals surface area contributed by atoms with Crippen molar-refractivity contribution in [2.75, 3.05) is 13.2 Å². The quantitative estimate of drug-likeness (QED) is 0.807. The first-order chi connectivity index (χ1) is 7.38. The highest BCUT2D eigenvalue weighted by Gasteiger charge is 2.27. The van der Waals surface area contributed by atoms with Gasteiger partial charge in [-0.2, -0.15) is 13.2 Å². The molecular formula is C10H11F3O2S. The number of aliphatic hydroxyl groups excluding tert-OH is 1. The molecule has 1 unspecified atom stereocenters. The maximum Gasteiger partial charge on any atom is 0.411 e. The fourth-order valence-electron chi connectivity index (χ4n) is 1.08. The highest BCUT2D eigenvalue weighted by atomic mass is 32.1. The lowest BCUT2D eigenvalue weighted by Crippen LogP contribution is -2.19. The first-order valence-electron chi connectivity index (χ1n) is 4.50. The molecule has 1 aromatic carbocycles. The van der Waals surface area contributed by atoms with Crippen molar-refractivity contribution < 1.29 is 23.0 Å². The number of thiol groups is 1. The lowest BCUT2D eigenvalue weighted by atomic mass is 10.1. The molecule has 0 aliphatic rings. The molecule has 1 rings (SSSR count). The largest absolute Gasteiger partial charge is 0.411 e. The van der Waals surface area contributed by atoms with E-state index in [1.54, 1.807) is 24.3 Å². The highest BCUT2D eigenvalue weighted by molar-refractivity contribution is 7.80. The predicted octanol–water partition coefficient (Wildman–Crippen LogP) is 2.59. The lowest BCUT2D eigenvalue weighted by molar-refractivity contribution is -0.179. The van der Waals surface area contributed by atoms with Crippen LogP contribution >= 0.6 is 12.6 Å². The van der Waals surface area contributed by atoms with Crippen LogP contribution in [-0.2, 0) is 4.74 Å². The summed E-state index contributed by atoms with van der Waals surface area (Å²) >= 11 is 4.05. The van der Waals surface area contributed by atoms with Crippen LogP contribution in [-0.4, -0.2) is 24.5 Å². The molecule has 6 heteroatoms. The van der Waals surface area contributed by atoms with Crippen molar-refractivity contribution >= 4 is 12.6 Å². The number of aliphatic hydroxyl groups is 1. The standard InChI is InChI=1S/C10H11F3O2S/c11-10(12,13)6-15-5-9(14)7-1-3-8(16)4-2-7/h1-4,9,14,16H,5-6H2. The van der Waals surface area contributed by atoms with E-state index in [2.05, 4.69) is 17.4 Å². The molecule has 1 atom stereocenters. The van der Waals surface area contributed by atoms with Gasteiger partial charge in [-0.05, 0) is 17.7 Å². The topological polar surface area (TPSA) is 29.5 Å². The van der Waals surface area contributed by atoms with Crippen LogP contribution in [0.15, 0.2) is 29.2 Å². The van der Waals surface area contributed by atoms with Crippen molar-refractivity contribution in [3.05, 3.63) is 29.8 Å². The van der Waals surface area contributed by atoms with Gasteiger partial charge in [0.25, 0.3) is 0 Å². The molecule has 0 saturated carbocycles. The molecule has 90 valence electrons. The molecule has 0 aliphatic carbocycles. The van der Waals surface area contributed by atoms with Gasteiger partial charge in [0.05, 0.1) is 6.61 Å². The summed E-state index contributed by atoms with van der Waals surface area (Å²) in [5.41, 5.74) is 0.500. The molecule has 0 amide bonds. The Kier molecular flexibility index (Phi) is 4.64. The smallest absolute Gasteiger partial charge is 0.386 e. The second-order valence-electron chi connectivity index (χ2n) is 3.24. The molecule has 0 heterocycles. The van der Waals surface area contributed by atoms with Crippen molar-refractivity contribution in [1.29, 1.82) is 0 Å². The number of alkyl halides is 3. The van der Waals surface area contributed by atoms with E-state index in [-0.39, 0.29) is 6.61 Å². The molecular weight excluding hydrogens is 241 g/mol. The van der Waals surface area contributed by atoms with E-state index in [9.17, 15) is 18.3 Å². The van der Waals surface area contributed by atoms with Crippen LogP contribution < -0.4 is 0 Å². The normalized spacial score (nSPS) is 13.8. The molecule has 0 aromatic heterocycles. The zero-order valence-corrected chi connectivity index (χ0v) is 9.13. The molecule has 0 radical (unpaired) electrons. The molecule has 1 aromatic rings. The summed E-state index contributed by atoms with van der Waals surface area (Å²) in [5.74, 6) is 0. The average molecular weight is 252 g/mol. The maximum atomic E-state index is 11.7. The van der Waals surface area contributed by atoms with Gasteiger partial charge in [-0.1, -0.05) is 12.1 Å². The van der Waals surface area contributed by atoms with Crippen LogP contribution in [0.5, 0.6) is 0 Å². The minimum absolute atomic E-state index is 0.384. The van der Waals surface area contributed by atoms with Gasteiger partial charge in [0, 0.05) is 4.90 Å². The van der Waals surface area contributed by atoms with E-state index in [1.165, 1.54) is 0 Å². The van der Waals surface area contributed by atoms with Crippen molar-refractivity contribution in [3.63, 3.8) is 0 Å². The van der Waals surface area contributed by atoms with E-state index < -0.39 is 18.9 Å². The fraction of sp³-hybridized carbons (Fsp3) is 0.400. The number of ether oxygens (including phenoxy) is 1. The number of benzene rings is 1. The summed E-state index contributed by atoms with van der Waals surface area (Å²) in [6, 6.07) is 6.46. The Labute approximate surface area is 96.5 Å². The van der Waals surface area contributed by atoms with Crippen molar-refractivity contribution in [2.24, 2.45) is 0 Å². The average Bonchev–Trinajstić information content (AvgIpc) is 2.16. The Morgan fingerprint density at radius 2 is 1.81 bits per heavy atom. The van der Waals surface area contributed by atoms with Crippen LogP contribution in [0.25, 0.3) is 0 Å². The molecule has 2 nitrogen and oxygen atoms in total. The summed E-state index contributed by atoms with van der Waals surface area (Å²) in [5, 5.41) is 9.49. The Morgan fingerprint density at radius 3 is 2.31 bits per heavy atom. The number of halogens is 3. The second-order valence-corrected chi connectivity index (χ2v) is 3.75. The van der Waals surface area contributed by atoms with Crippen LogP contribution in [0.1, 0.15) is 11.7 Å². The van der Waals surface area contributed by atoms with Crippen molar-refractivity contribution in [2.45, 2.75) is 17.2 Å². The van der Waals surface area contributed by atoms with Gasteiger partial charge in [-0.15, -0.1) is 12.6 Å². The zero-order valence-electron chi connectivity index (χ0n) is 8.24. The molecule has 0 fully saturated rings. The van der Waals surface area contributed by atoms with Crippen molar-refractivity contribution in [3.8, 4) is 0 Å². The predicted molar refractivity (Wildman–Crippen MR) is 55.5 cm³/mol. The third kappa shape index (κ3) is 4.87. The van der Waals surface area contributed by atoms with Gasteiger partial charge in [-0.25, -0.2) is 0 Å². The Balaban J connectivity index is 2.41. The van der Waals surface area contributed by atoms with Gasteiger partial charge in [0.2, 0.25) is 0 Å². The van der Waals surface area contributed by atoms with E-state index in [0.717, 1.165) is 0 Å². The Hall–Kier alpha value is -0.720. The number of hydrogen-bond acceptors (Lipinski definition) is 3. The van der Waals surface area contributed by atoms with Crippen LogP contribution in [0.3, 0.4) is 0 Å². The molecule has 0 saturated heterocycles. The van der Waals surface area contributed by atoms with Gasteiger partial charge >= 0.3 is 6.18 Å². The highest BCUT2D eigenvalue weighted by Crippen LogP contribution is 2.18. The third-order valence-corrected chi connectivity index (χ3v) is 2.12. The summed E-state index contributed by atoms with van der Waals surface area (Å²) in [7, 11) is 0. The minimum atomic E-state index is -4.37. The molecule has 16 heavy (non-hydrogen) atoms. The third-order valence-electron chi connectivity index (χ3n) is 1.82. The van der Waals surface area contributed by atoms with E-state index in [0.29, 0.717) is 10.5 Å². The van der Waals surface area contributed by atoms with Gasteiger partial charge in [0.1, 0.15) is 12.7 Å². The zero-order chi connectivity index (χ0) is 12.2. The molecule has 0 spiro atoms. The van der Waals surface area contributed by atoms with E-state index in [4.69, 9.17) is 0 Å². The Bertz CT molecular complexity index is 324. The van der Waals surface area contributed by atoms with E-state index >= 15 is 0 Å². The number of rotatable bonds is 4. The van der Waals surface area contributed by atoms with E-state index in [1.807, 2.05) is 0 Å². The SMILES string of the molecule is OC(COCC(F)(F)F)c1ccc(S)cc1. The number of hydrogen-bond donors (Lipinski definition) is 2. The second kappa shape index (κ2) is 5.56. The van der Waals surface area contributed by atoms with Gasteiger partial charge in [-0.3, -0.25) is 0 Å². The first kappa shape index (κ1) is 13.3. The summed E-state index contributed by atoms with van der Waals surface area (Å²) in [6.07, 6.45) is -5.43. The van der Waals surface area contributed by atoms with Gasteiger partial charge < -0.3 is 9.84 Å². The van der Waals surface area contributed by atoms with Crippen LogP contribution in [0.2, 0.25) is 0 Å².